The van der Waals surface area contributed by atoms with Crippen molar-refractivity contribution in [2.24, 2.45) is 0 Å². The van der Waals surface area contributed by atoms with E-state index in [1.165, 1.54) is 11.3 Å². The van der Waals surface area contributed by atoms with Crippen molar-refractivity contribution < 1.29 is 0 Å². The van der Waals surface area contributed by atoms with Crippen molar-refractivity contribution in [2.45, 2.75) is 106 Å². The van der Waals surface area contributed by atoms with E-state index in [9.17, 15) is 4.79 Å². The van der Waals surface area contributed by atoms with Crippen molar-refractivity contribution >= 4 is 28.8 Å². The molecule has 0 amide bonds. The number of aromatic nitrogens is 3. The quantitative estimate of drug-likeness (QED) is 0.187. The lowest BCUT2D eigenvalue weighted by Gasteiger charge is -2.22. The zero-order valence-corrected chi connectivity index (χ0v) is 24.6. The van der Waals surface area contributed by atoms with Gasteiger partial charge in [-0.2, -0.15) is 4.52 Å². The maximum absolute atomic E-state index is 13.8. The smallest absolute Gasteiger partial charge is 0.276 e. The predicted octanol–water partition coefficient (Wildman–Crippen LogP) is 8.20. The number of aromatic amines is 1. The van der Waals surface area contributed by atoms with Crippen molar-refractivity contribution in [2.75, 3.05) is 23.3 Å². The largest absolute Gasteiger partial charge is 0.372 e. The van der Waals surface area contributed by atoms with Crippen molar-refractivity contribution in [3.8, 4) is 0 Å². The van der Waals surface area contributed by atoms with Gasteiger partial charge in [0.15, 0.2) is 5.65 Å². The van der Waals surface area contributed by atoms with Crippen LogP contribution in [0.15, 0.2) is 29.1 Å². The van der Waals surface area contributed by atoms with E-state index in [2.05, 4.69) is 87.2 Å². The lowest BCUT2D eigenvalue weighted by atomic mass is 10.0. The van der Waals surface area contributed by atoms with Crippen molar-refractivity contribution in [1.82, 2.24) is 14.6 Å². The third-order valence-electron chi connectivity index (χ3n) is 7.37. The maximum atomic E-state index is 13.8. The van der Waals surface area contributed by atoms with E-state index in [0.717, 1.165) is 106 Å². The zero-order chi connectivity index (χ0) is 27.5. The lowest BCUT2D eigenvalue weighted by Crippen LogP contribution is -2.23. The minimum Gasteiger partial charge on any atom is -0.372 e. The molecule has 38 heavy (non-hydrogen) atoms. The van der Waals surface area contributed by atoms with E-state index in [0.29, 0.717) is 5.65 Å². The molecule has 0 saturated carbocycles. The molecule has 0 bridgehead atoms. The van der Waals surface area contributed by atoms with Gasteiger partial charge in [-0.25, -0.2) is 4.98 Å². The lowest BCUT2D eigenvalue weighted by molar-refractivity contribution is 0.672. The van der Waals surface area contributed by atoms with E-state index >= 15 is 0 Å². The molecular weight excluding hydrogens is 470 g/mol. The van der Waals surface area contributed by atoms with Crippen LogP contribution in [-0.4, -0.2) is 27.7 Å². The normalized spacial score (nSPS) is 11.6. The Labute approximate surface area is 229 Å². The van der Waals surface area contributed by atoms with Crippen LogP contribution in [0.5, 0.6) is 0 Å². The molecule has 0 atom stereocenters. The number of fused-ring (bicyclic) bond motifs is 1. The highest BCUT2D eigenvalue weighted by Crippen LogP contribution is 2.30. The Hall–Kier alpha value is -3.02. The average Bonchev–Trinajstić information content (AvgIpc) is 3.25. The van der Waals surface area contributed by atoms with E-state index in [1.807, 2.05) is 0 Å². The Bertz CT molecular complexity index is 1250. The molecule has 0 aliphatic heterocycles. The molecule has 0 aliphatic rings. The van der Waals surface area contributed by atoms with Gasteiger partial charge < -0.3 is 10.2 Å². The number of rotatable bonds is 16. The van der Waals surface area contributed by atoms with Crippen LogP contribution < -0.4 is 15.8 Å². The summed E-state index contributed by atoms with van der Waals surface area (Å²) in [6, 6.07) is 6.55. The highest BCUT2D eigenvalue weighted by molar-refractivity contribution is 5.83. The summed E-state index contributed by atoms with van der Waals surface area (Å²) in [5.74, 6) is 0. The van der Waals surface area contributed by atoms with Crippen LogP contribution in [0.1, 0.15) is 109 Å². The van der Waals surface area contributed by atoms with E-state index in [1.54, 1.807) is 4.52 Å². The van der Waals surface area contributed by atoms with Crippen LogP contribution in [0.4, 0.5) is 17.1 Å². The van der Waals surface area contributed by atoms with Gasteiger partial charge >= 0.3 is 0 Å². The van der Waals surface area contributed by atoms with Crippen LogP contribution >= 0.6 is 0 Å². The fraction of sp³-hybridized carbons (Fsp3) is 0.562. The molecule has 3 aromatic rings. The monoisotopic (exact) mass is 519 g/mol. The topological polar surface area (TPSA) is 65.4 Å². The molecular formula is C32H49N5O. The first-order valence-electron chi connectivity index (χ1n) is 14.9. The molecule has 0 spiro atoms. The van der Waals surface area contributed by atoms with Crippen molar-refractivity contribution in [3.05, 3.63) is 57.1 Å². The number of allylic oxidation sites excluding steroid dienone is 1. The van der Waals surface area contributed by atoms with Gasteiger partial charge in [0.2, 0.25) is 0 Å². The Kier molecular flexibility index (Phi) is 11.5. The van der Waals surface area contributed by atoms with Crippen LogP contribution in [0.25, 0.3) is 11.7 Å². The van der Waals surface area contributed by atoms with Crippen LogP contribution in [-0.2, 0) is 12.8 Å². The fourth-order valence-electron chi connectivity index (χ4n) is 5.04. The molecule has 2 N–H and O–H groups in total. The van der Waals surface area contributed by atoms with Crippen molar-refractivity contribution in [3.63, 3.8) is 0 Å². The van der Waals surface area contributed by atoms with Crippen LogP contribution in [0.3, 0.4) is 0 Å². The minimum absolute atomic E-state index is 0.0457. The summed E-state index contributed by atoms with van der Waals surface area (Å²) in [6.07, 6.45) is 14.6. The van der Waals surface area contributed by atoms with E-state index in [-0.39, 0.29) is 5.56 Å². The van der Waals surface area contributed by atoms with Gasteiger partial charge in [0.05, 0.1) is 11.4 Å². The number of nitrogens with zero attached hydrogens (tertiary/aromatic N) is 3. The van der Waals surface area contributed by atoms with Gasteiger partial charge in [-0.15, -0.1) is 0 Å². The Morgan fingerprint density at radius 1 is 0.974 bits per heavy atom. The second-order valence-corrected chi connectivity index (χ2v) is 10.3. The van der Waals surface area contributed by atoms with Gasteiger partial charge in [-0.1, -0.05) is 59.0 Å². The van der Waals surface area contributed by atoms with E-state index in [4.69, 9.17) is 4.98 Å². The van der Waals surface area contributed by atoms with Gasteiger partial charge in [-0.05, 0) is 82.7 Å². The third kappa shape index (κ3) is 7.09. The summed E-state index contributed by atoms with van der Waals surface area (Å²) < 4.78 is 1.66. The maximum Gasteiger partial charge on any atom is 0.276 e. The number of hydrogen-bond acceptors (Lipinski definition) is 4. The first-order valence-corrected chi connectivity index (χ1v) is 14.9. The summed E-state index contributed by atoms with van der Waals surface area (Å²) in [4.78, 5) is 21.3. The molecule has 3 rings (SSSR count). The molecule has 1 aromatic carbocycles. The Balaban J connectivity index is 2.13. The summed E-state index contributed by atoms with van der Waals surface area (Å²) in [5, 5.41) is 7.05. The van der Waals surface area contributed by atoms with Gasteiger partial charge in [0, 0.05) is 30.0 Å². The molecule has 0 aliphatic carbocycles. The molecule has 208 valence electrons. The number of unbranched alkanes of at least 4 members (excludes halogenated alkanes) is 5. The molecule has 2 aromatic heterocycles. The van der Waals surface area contributed by atoms with Gasteiger partial charge in [0.25, 0.3) is 5.56 Å². The first-order chi connectivity index (χ1) is 18.5. The fourth-order valence-corrected chi connectivity index (χ4v) is 5.04. The number of benzene rings is 1. The van der Waals surface area contributed by atoms with Crippen LogP contribution in [0, 0.1) is 6.92 Å². The first kappa shape index (κ1) is 29.5. The van der Waals surface area contributed by atoms with Crippen molar-refractivity contribution in [1.29, 1.82) is 0 Å². The number of anilines is 3. The average molecular weight is 520 g/mol. The van der Waals surface area contributed by atoms with Gasteiger partial charge in [-0.3, -0.25) is 9.89 Å². The summed E-state index contributed by atoms with van der Waals surface area (Å²) in [5.41, 5.74) is 7.76. The van der Waals surface area contributed by atoms with Gasteiger partial charge in [0.1, 0.15) is 5.69 Å². The second-order valence-electron chi connectivity index (χ2n) is 10.3. The highest BCUT2D eigenvalue weighted by atomic mass is 16.1. The SMILES string of the molecule is CCC/C=C/c1[nH]n2c(=O)c(CCCCC)c(CCCCC)nc2c1Nc1ccc(N(CC)CC)cc1C. The molecule has 0 fully saturated rings. The standard InChI is InChI=1S/C32H49N5O/c1-7-12-15-18-26-28(19-16-13-8-2)34-31-30(29(20-17-14-9-3)35-37(31)32(26)38)33-27-22-21-25(23-24(27)6)36(10-4)11-5/h17,20-23,33,35H,7-16,18-19H2,1-6H3/b20-17+. The summed E-state index contributed by atoms with van der Waals surface area (Å²) >= 11 is 0. The molecule has 2 heterocycles. The van der Waals surface area contributed by atoms with E-state index < -0.39 is 0 Å². The summed E-state index contributed by atoms with van der Waals surface area (Å²) in [6.45, 7) is 15.0. The number of nitrogens with one attached hydrogen (secondary N) is 2. The number of H-pyrrole nitrogens is 1. The molecule has 0 radical (unpaired) electrons. The molecule has 0 saturated heterocycles. The number of aryl methyl sites for hydroxylation is 2. The highest BCUT2D eigenvalue weighted by Gasteiger charge is 2.19. The second kappa shape index (κ2) is 14.8. The summed E-state index contributed by atoms with van der Waals surface area (Å²) in [7, 11) is 0. The molecule has 6 nitrogen and oxygen atoms in total. The number of hydrogen-bond donors (Lipinski definition) is 2. The molecule has 0 unspecified atom stereocenters. The minimum atomic E-state index is 0.0457. The Morgan fingerprint density at radius 2 is 1.68 bits per heavy atom. The van der Waals surface area contributed by atoms with Crippen LogP contribution in [0.2, 0.25) is 0 Å². The molecule has 6 heteroatoms. The third-order valence-corrected chi connectivity index (χ3v) is 7.37. The predicted molar refractivity (Wildman–Crippen MR) is 164 cm³/mol. The Morgan fingerprint density at radius 3 is 2.32 bits per heavy atom. The zero-order valence-electron chi connectivity index (χ0n) is 24.6.